The maximum atomic E-state index is 6.11. The highest BCUT2D eigenvalue weighted by Gasteiger charge is 2.11. The molecular weight excluding hydrogens is 168 g/mol. The Morgan fingerprint density at radius 1 is 1.33 bits per heavy atom. The van der Waals surface area contributed by atoms with E-state index in [0.29, 0.717) is 0 Å². The molecule has 0 bridgehead atoms. The van der Waals surface area contributed by atoms with Crippen molar-refractivity contribution in [3.05, 3.63) is 41.0 Å². The fourth-order valence-corrected chi connectivity index (χ4v) is 2.11. The van der Waals surface area contributed by atoms with Gasteiger partial charge in [0.2, 0.25) is 0 Å². The largest absolute Gasteiger partial charge is 0.0840 e. The van der Waals surface area contributed by atoms with Crippen molar-refractivity contribution in [1.29, 1.82) is 0 Å². The van der Waals surface area contributed by atoms with Crippen molar-refractivity contribution in [2.75, 3.05) is 0 Å². The Morgan fingerprint density at radius 2 is 2.17 bits per heavy atom. The van der Waals surface area contributed by atoms with Crippen LogP contribution < -0.4 is 0 Å². The van der Waals surface area contributed by atoms with Gasteiger partial charge in [0.25, 0.3) is 0 Å². The number of aryl methyl sites for hydroxylation is 2. The van der Waals surface area contributed by atoms with E-state index in [4.69, 9.17) is 11.6 Å². The van der Waals surface area contributed by atoms with Gasteiger partial charge in [-0.2, -0.15) is 0 Å². The molecule has 0 spiro atoms. The quantitative estimate of drug-likeness (QED) is 0.570. The molecule has 1 heteroatoms. The van der Waals surface area contributed by atoms with Gasteiger partial charge in [-0.25, -0.2) is 0 Å². The SMILES string of the molecule is Cc1cccc2c1C(Cl)=CCC2. The standard InChI is InChI=1S/C11H11Cl/c1-8-4-2-5-9-6-3-7-10(12)11(8)9/h2,4-5,7H,3,6H2,1H3. The maximum Gasteiger partial charge on any atom is 0.0444 e. The fourth-order valence-electron chi connectivity index (χ4n) is 1.74. The van der Waals surface area contributed by atoms with Crippen LogP contribution in [0.2, 0.25) is 0 Å². The monoisotopic (exact) mass is 178 g/mol. The normalized spacial score (nSPS) is 15.3. The number of hydrogen-bond acceptors (Lipinski definition) is 0. The minimum Gasteiger partial charge on any atom is -0.0840 e. The van der Waals surface area contributed by atoms with E-state index in [9.17, 15) is 0 Å². The highest BCUT2D eigenvalue weighted by Crippen LogP contribution is 2.31. The number of halogens is 1. The summed E-state index contributed by atoms with van der Waals surface area (Å²) in [7, 11) is 0. The second kappa shape index (κ2) is 2.95. The predicted molar refractivity (Wildman–Crippen MR) is 53.3 cm³/mol. The second-order valence-electron chi connectivity index (χ2n) is 3.20. The Balaban J connectivity index is 2.64. The molecule has 0 fully saturated rings. The van der Waals surface area contributed by atoms with Gasteiger partial charge in [0.05, 0.1) is 0 Å². The highest BCUT2D eigenvalue weighted by molar-refractivity contribution is 6.49. The third-order valence-corrected chi connectivity index (χ3v) is 2.68. The van der Waals surface area contributed by atoms with Crippen molar-refractivity contribution in [2.24, 2.45) is 0 Å². The summed E-state index contributed by atoms with van der Waals surface area (Å²) in [6.07, 6.45) is 4.32. The molecule has 62 valence electrons. The Labute approximate surface area is 77.9 Å². The Bertz CT molecular complexity index is 337. The smallest absolute Gasteiger partial charge is 0.0444 e. The topological polar surface area (TPSA) is 0 Å². The number of hydrogen-bond donors (Lipinski definition) is 0. The minimum atomic E-state index is 0.925. The minimum absolute atomic E-state index is 0.925. The average molecular weight is 179 g/mol. The van der Waals surface area contributed by atoms with Crippen LogP contribution in [0.1, 0.15) is 23.1 Å². The second-order valence-corrected chi connectivity index (χ2v) is 3.61. The van der Waals surface area contributed by atoms with Crippen LogP contribution in [0, 0.1) is 6.92 Å². The molecule has 0 atom stereocenters. The lowest BCUT2D eigenvalue weighted by molar-refractivity contribution is 0.978. The zero-order chi connectivity index (χ0) is 8.55. The van der Waals surface area contributed by atoms with Gasteiger partial charge >= 0.3 is 0 Å². The van der Waals surface area contributed by atoms with E-state index in [1.54, 1.807) is 0 Å². The van der Waals surface area contributed by atoms with Gasteiger partial charge in [-0.1, -0.05) is 35.9 Å². The van der Waals surface area contributed by atoms with Crippen molar-refractivity contribution in [2.45, 2.75) is 19.8 Å². The summed E-state index contributed by atoms with van der Waals surface area (Å²) in [6.45, 7) is 2.11. The molecule has 0 aromatic heterocycles. The molecule has 1 aromatic carbocycles. The first-order valence-electron chi connectivity index (χ1n) is 4.23. The van der Waals surface area contributed by atoms with E-state index < -0.39 is 0 Å². The van der Waals surface area contributed by atoms with Crippen LogP contribution in [-0.4, -0.2) is 0 Å². The lowest BCUT2D eigenvalue weighted by atomic mass is 9.94. The van der Waals surface area contributed by atoms with Gasteiger partial charge in [-0.3, -0.25) is 0 Å². The summed E-state index contributed by atoms with van der Waals surface area (Å²) in [5.74, 6) is 0. The number of fused-ring (bicyclic) bond motifs is 1. The summed E-state index contributed by atoms with van der Waals surface area (Å²) in [5, 5.41) is 0.925. The molecular formula is C11H11Cl. The van der Waals surface area contributed by atoms with Crippen molar-refractivity contribution < 1.29 is 0 Å². The molecule has 12 heavy (non-hydrogen) atoms. The molecule has 0 amide bonds. The van der Waals surface area contributed by atoms with Gasteiger partial charge < -0.3 is 0 Å². The van der Waals surface area contributed by atoms with Crippen molar-refractivity contribution in [3.63, 3.8) is 0 Å². The first-order chi connectivity index (χ1) is 5.79. The summed E-state index contributed by atoms with van der Waals surface area (Å²) >= 11 is 6.11. The Morgan fingerprint density at radius 3 is 2.92 bits per heavy atom. The van der Waals surface area contributed by atoms with E-state index in [2.05, 4.69) is 31.2 Å². The number of benzene rings is 1. The van der Waals surface area contributed by atoms with Crippen LogP contribution in [0.4, 0.5) is 0 Å². The first-order valence-corrected chi connectivity index (χ1v) is 4.61. The lowest BCUT2D eigenvalue weighted by Gasteiger charge is -2.15. The van der Waals surface area contributed by atoms with Crippen molar-refractivity contribution >= 4 is 16.6 Å². The predicted octanol–water partition coefficient (Wildman–Crippen LogP) is 3.52. The van der Waals surface area contributed by atoms with E-state index in [1.165, 1.54) is 16.7 Å². The first kappa shape index (κ1) is 7.88. The molecule has 0 saturated carbocycles. The molecule has 0 unspecified atom stereocenters. The molecule has 0 heterocycles. The van der Waals surface area contributed by atoms with Gasteiger partial charge in [-0.15, -0.1) is 0 Å². The summed E-state index contributed by atoms with van der Waals surface area (Å²) in [4.78, 5) is 0. The van der Waals surface area contributed by atoms with Crippen LogP contribution in [0.5, 0.6) is 0 Å². The molecule has 1 aromatic rings. The summed E-state index contributed by atoms with van der Waals surface area (Å²) < 4.78 is 0. The third-order valence-electron chi connectivity index (χ3n) is 2.34. The van der Waals surface area contributed by atoms with Crippen molar-refractivity contribution in [1.82, 2.24) is 0 Å². The molecule has 0 N–H and O–H groups in total. The van der Waals surface area contributed by atoms with Crippen LogP contribution in [0.15, 0.2) is 24.3 Å². The Kier molecular flexibility index (Phi) is 1.93. The van der Waals surface area contributed by atoms with Crippen LogP contribution >= 0.6 is 11.6 Å². The third kappa shape index (κ3) is 1.16. The Hall–Kier alpha value is -0.750. The van der Waals surface area contributed by atoms with Crippen LogP contribution in [0.3, 0.4) is 0 Å². The zero-order valence-electron chi connectivity index (χ0n) is 7.10. The molecule has 2 rings (SSSR count). The van der Waals surface area contributed by atoms with Gasteiger partial charge in [-0.05, 0) is 36.5 Å². The summed E-state index contributed by atoms with van der Waals surface area (Å²) in [6, 6.07) is 6.38. The lowest BCUT2D eigenvalue weighted by Crippen LogP contribution is -1.98. The summed E-state index contributed by atoms with van der Waals surface area (Å²) in [5.41, 5.74) is 3.93. The molecule has 0 saturated heterocycles. The van der Waals surface area contributed by atoms with Crippen LogP contribution in [-0.2, 0) is 6.42 Å². The van der Waals surface area contributed by atoms with E-state index in [1.807, 2.05) is 0 Å². The van der Waals surface area contributed by atoms with E-state index >= 15 is 0 Å². The highest BCUT2D eigenvalue weighted by atomic mass is 35.5. The maximum absolute atomic E-state index is 6.11. The molecule has 0 radical (unpaired) electrons. The zero-order valence-corrected chi connectivity index (χ0v) is 7.86. The molecule has 1 aliphatic rings. The molecule has 1 aliphatic carbocycles. The van der Waals surface area contributed by atoms with Gasteiger partial charge in [0, 0.05) is 5.03 Å². The van der Waals surface area contributed by atoms with E-state index in [0.717, 1.165) is 17.9 Å². The number of allylic oxidation sites excluding steroid dienone is 1. The van der Waals surface area contributed by atoms with Crippen LogP contribution in [0.25, 0.3) is 5.03 Å². The molecule has 0 nitrogen and oxygen atoms in total. The number of rotatable bonds is 0. The average Bonchev–Trinajstić information content (AvgIpc) is 2.04. The van der Waals surface area contributed by atoms with E-state index in [-0.39, 0.29) is 0 Å². The van der Waals surface area contributed by atoms with Gasteiger partial charge in [0.15, 0.2) is 0 Å². The molecule has 0 aliphatic heterocycles. The van der Waals surface area contributed by atoms with Gasteiger partial charge in [0.1, 0.15) is 0 Å². The fraction of sp³-hybridized carbons (Fsp3) is 0.273. The van der Waals surface area contributed by atoms with Crippen molar-refractivity contribution in [3.8, 4) is 0 Å².